The molecule has 140 valence electrons. The number of alkyl halides is 5. The molecule has 2 amide bonds. The van der Waals surface area contributed by atoms with E-state index in [0.717, 1.165) is 12.1 Å². The summed E-state index contributed by atoms with van der Waals surface area (Å²) >= 11 is 0. The molecule has 2 N–H and O–H groups in total. The summed E-state index contributed by atoms with van der Waals surface area (Å²) < 4.78 is 64.2. The highest BCUT2D eigenvalue weighted by Crippen LogP contribution is 2.28. The van der Waals surface area contributed by atoms with Gasteiger partial charge in [-0.05, 0) is 36.6 Å². The number of nitrogens with zero attached hydrogens (tertiary/aromatic N) is 1. The maximum absolute atomic E-state index is 12.1. The number of hydrogen-bond donors (Lipinski definition) is 2. The number of rotatable bonds is 6. The van der Waals surface area contributed by atoms with Crippen molar-refractivity contribution in [3.63, 3.8) is 0 Å². The third-order valence-electron chi connectivity index (χ3n) is 3.69. The van der Waals surface area contributed by atoms with E-state index >= 15 is 0 Å². The van der Waals surface area contributed by atoms with Gasteiger partial charge in [0.05, 0.1) is 6.54 Å². The lowest BCUT2D eigenvalue weighted by Gasteiger charge is -2.19. The van der Waals surface area contributed by atoms with Crippen molar-refractivity contribution in [3.8, 4) is 5.75 Å². The van der Waals surface area contributed by atoms with Gasteiger partial charge in [0.15, 0.2) is 0 Å². The minimum absolute atomic E-state index is 0.128. The quantitative estimate of drug-likeness (QED) is 0.760. The van der Waals surface area contributed by atoms with Crippen LogP contribution in [0.15, 0.2) is 24.3 Å². The summed E-state index contributed by atoms with van der Waals surface area (Å²) in [5, 5.41) is 4.59. The SMILES string of the molecule is O=C(NCC(F)F)NCC1CCN(c2ccc(OC(F)(F)F)cc2)C1. The highest BCUT2D eigenvalue weighted by atomic mass is 19.4. The van der Waals surface area contributed by atoms with Crippen LogP contribution in [0.3, 0.4) is 0 Å². The number of benzene rings is 1. The topological polar surface area (TPSA) is 53.6 Å². The van der Waals surface area contributed by atoms with E-state index < -0.39 is 25.4 Å². The molecule has 2 rings (SSSR count). The minimum Gasteiger partial charge on any atom is -0.406 e. The zero-order chi connectivity index (χ0) is 18.4. The molecule has 5 nitrogen and oxygen atoms in total. The largest absolute Gasteiger partial charge is 0.573 e. The first kappa shape index (κ1) is 19.1. The molecule has 1 heterocycles. The summed E-state index contributed by atoms with van der Waals surface area (Å²) in [4.78, 5) is 13.3. The van der Waals surface area contributed by atoms with E-state index in [1.807, 2.05) is 4.90 Å². The molecule has 1 saturated heterocycles. The second kappa shape index (κ2) is 8.21. The second-order valence-electron chi connectivity index (χ2n) is 5.62. The van der Waals surface area contributed by atoms with Crippen LogP contribution in [0, 0.1) is 5.92 Å². The number of carbonyl (C=O) groups is 1. The van der Waals surface area contributed by atoms with Crippen molar-refractivity contribution in [1.82, 2.24) is 10.6 Å². The predicted molar refractivity (Wildman–Crippen MR) is 80.9 cm³/mol. The van der Waals surface area contributed by atoms with Crippen LogP contribution in [0.2, 0.25) is 0 Å². The van der Waals surface area contributed by atoms with Gasteiger partial charge in [0.2, 0.25) is 0 Å². The van der Waals surface area contributed by atoms with Crippen molar-refractivity contribution in [2.45, 2.75) is 19.2 Å². The summed E-state index contributed by atoms with van der Waals surface area (Å²) in [7, 11) is 0. The van der Waals surface area contributed by atoms with Crippen molar-refractivity contribution >= 4 is 11.7 Å². The normalized spacial score (nSPS) is 17.7. The molecule has 1 unspecified atom stereocenters. The molecule has 1 aliphatic heterocycles. The van der Waals surface area contributed by atoms with Gasteiger partial charge in [-0.3, -0.25) is 0 Å². The van der Waals surface area contributed by atoms with E-state index in [9.17, 15) is 26.7 Å². The van der Waals surface area contributed by atoms with Crippen molar-refractivity contribution in [2.75, 3.05) is 31.1 Å². The Labute approximate surface area is 141 Å². The Morgan fingerprint density at radius 3 is 2.52 bits per heavy atom. The fourth-order valence-electron chi connectivity index (χ4n) is 2.56. The fourth-order valence-corrected chi connectivity index (χ4v) is 2.56. The fraction of sp³-hybridized carbons (Fsp3) is 0.533. The molecule has 1 aromatic carbocycles. The number of anilines is 1. The number of hydrogen-bond acceptors (Lipinski definition) is 3. The van der Waals surface area contributed by atoms with Crippen LogP contribution < -0.4 is 20.3 Å². The molecule has 0 radical (unpaired) electrons. The molecule has 1 fully saturated rings. The standard InChI is InChI=1S/C15H18F5N3O2/c16-13(17)8-22-14(24)21-7-10-5-6-23(9-10)11-1-3-12(4-2-11)25-15(18,19)20/h1-4,10,13H,5-9H2,(H2,21,22,24). The lowest BCUT2D eigenvalue weighted by molar-refractivity contribution is -0.274. The summed E-state index contributed by atoms with van der Waals surface area (Å²) in [6.45, 7) is 0.925. The van der Waals surface area contributed by atoms with Crippen molar-refractivity contribution < 1.29 is 31.5 Å². The zero-order valence-electron chi connectivity index (χ0n) is 13.2. The van der Waals surface area contributed by atoms with Crippen LogP contribution >= 0.6 is 0 Å². The molecule has 0 spiro atoms. The van der Waals surface area contributed by atoms with E-state index in [1.54, 1.807) is 0 Å². The Morgan fingerprint density at radius 1 is 1.24 bits per heavy atom. The Balaban J connectivity index is 1.77. The van der Waals surface area contributed by atoms with Gasteiger partial charge in [0, 0.05) is 25.3 Å². The molecular weight excluding hydrogens is 349 g/mol. The summed E-state index contributed by atoms with van der Waals surface area (Å²) in [6.07, 6.45) is -6.55. The highest BCUT2D eigenvalue weighted by molar-refractivity contribution is 5.73. The van der Waals surface area contributed by atoms with Gasteiger partial charge in [-0.15, -0.1) is 13.2 Å². The van der Waals surface area contributed by atoms with Crippen LogP contribution in [0.4, 0.5) is 32.4 Å². The molecular formula is C15H18F5N3O2. The monoisotopic (exact) mass is 367 g/mol. The van der Waals surface area contributed by atoms with Crippen LogP contribution in [-0.4, -0.2) is 45.0 Å². The van der Waals surface area contributed by atoms with E-state index in [4.69, 9.17) is 0 Å². The summed E-state index contributed by atoms with van der Waals surface area (Å²) in [6, 6.07) is 4.91. The maximum atomic E-state index is 12.1. The Hall–Kier alpha value is -2.26. The average molecular weight is 367 g/mol. The molecule has 0 aliphatic carbocycles. The molecule has 0 aromatic heterocycles. The number of urea groups is 1. The number of ether oxygens (including phenoxy) is 1. The number of amides is 2. The Bertz CT molecular complexity index is 565. The number of carbonyl (C=O) groups excluding carboxylic acids is 1. The minimum atomic E-state index is -4.73. The predicted octanol–water partition coefficient (Wildman–Crippen LogP) is 2.98. The first-order chi connectivity index (χ1) is 11.7. The second-order valence-corrected chi connectivity index (χ2v) is 5.62. The van der Waals surface area contributed by atoms with Crippen molar-refractivity contribution in [3.05, 3.63) is 24.3 Å². The average Bonchev–Trinajstić information content (AvgIpc) is 2.99. The molecule has 0 saturated carbocycles. The van der Waals surface area contributed by atoms with E-state index in [0.29, 0.717) is 19.6 Å². The van der Waals surface area contributed by atoms with Crippen LogP contribution in [0.1, 0.15) is 6.42 Å². The first-order valence-electron chi connectivity index (χ1n) is 7.63. The van der Waals surface area contributed by atoms with Gasteiger partial charge >= 0.3 is 12.4 Å². The van der Waals surface area contributed by atoms with Crippen LogP contribution in [0.25, 0.3) is 0 Å². The summed E-state index contributed by atoms with van der Waals surface area (Å²) in [5.74, 6) is -0.159. The van der Waals surface area contributed by atoms with Crippen LogP contribution in [0.5, 0.6) is 5.75 Å². The van der Waals surface area contributed by atoms with E-state index in [-0.39, 0.29) is 11.7 Å². The lowest BCUT2D eigenvalue weighted by Crippen LogP contribution is -2.40. The first-order valence-corrected chi connectivity index (χ1v) is 7.63. The van der Waals surface area contributed by atoms with Gasteiger partial charge in [-0.25, -0.2) is 13.6 Å². The van der Waals surface area contributed by atoms with E-state index in [1.165, 1.54) is 24.3 Å². The van der Waals surface area contributed by atoms with Gasteiger partial charge in [0.25, 0.3) is 6.43 Å². The molecule has 1 atom stereocenters. The van der Waals surface area contributed by atoms with Gasteiger partial charge in [0.1, 0.15) is 5.75 Å². The molecule has 0 bridgehead atoms. The van der Waals surface area contributed by atoms with E-state index in [2.05, 4.69) is 15.4 Å². The third kappa shape index (κ3) is 6.63. The lowest BCUT2D eigenvalue weighted by atomic mass is 10.1. The number of halogens is 5. The smallest absolute Gasteiger partial charge is 0.406 e. The third-order valence-corrected chi connectivity index (χ3v) is 3.69. The van der Waals surface area contributed by atoms with Gasteiger partial charge in [-0.2, -0.15) is 0 Å². The maximum Gasteiger partial charge on any atom is 0.573 e. The molecule has 1 aromatic rings. The summed E-state index contributed by atoms with van der Waals surface area (Å²) in [5.41, 5.74) is 0.749. The molecule has 25 heavy (non-hydrogen) atoms. The Kier molecular flexibility index (Phi) is 6.27. The zero-order valence-corrected chi connectivity index (χ0v) is 13.2. The Morgan fingerprint density at radius 2 is 1.92 bits per heavy atom. The molecule has 10 heteroatoms. The highest BCUT2D eigenvalue weighted by Gasteiger charge is 2.31. The van der Waals surface area contributed by atoms with Crippen molar-refractivity contribution in [2.24, 2.45) is 5.92 Å². The van der Waals surface area contributed by atoms with Gasteiger partial charge < -0.3 is 20.3 Å². The molecule has 1 aliphatic rings. The van der Waals surface area contributed by atoms with Crippen LogP contribution in [-0.2, 0) is 0 Å². The van der Waals surface area contributed by atoms with Crippen molar-refractivity contribution in [1.29, 1.82) is 0 Å². The van der Waals surface area contributed by atoms with Gasteiger partial charge in [-0.1, -0.05) is 0 Å². The number of nitrogens with one attached hydrogen (secondary N) is 2.